The Balaban J connectivity index is -0.000000693. The van der Waals surface area contributed by atoms with E-state index in [0.717, 1.165) is 43.4 Å². The lowest BCUT2D eigenvalue weighted by Crippen LogP contribution is -2.37. The second kappa shape index (κ2) is 30.3. The van der Waals surface area contributed by atoms with Crippen LogP contribution < -0.4 is 18.8 Å². The molecule has 0 aliphatic carbocycles. The van der Waals surface area contributed by atoms with E-state index in [1.807, 2.05) is 0 Å². The molecule has 0 unspecified atom stereocenters. The molecule has 0 N–H and O–H groups in total. The zero-order valence-electron chi connectivity index (χ0n) is 35.5. The van der Waals surface area contributed by atoms with Gasteiger partial charge in [-0.2, -0.15) is 39.5 Å². The summed E-state index contributed by atoms with van der Waals surface area (Å²) in [6.45, 7) is 20.0. The van der Waals surface area contributed by atoms with Gasteiger partial charge in [-0.05, 0) is 39.5 Å². The SMILES string of the molecule is CCCC[n+]1ccn(CC)c1.CCCC[n+]1ccn(CC)c1.CCCCn1cc[n+](CCCC)c1.CS(=O)(=O)[O-].O=C([O-])C(F)(F)F.O=S(=O)([N-]S(=O)(=O)C(F)(F)F)C(F)(F)F. The maximum atomic E-state index is 11.4. The van der Waals surface area contributed by atoms with Crippen LogP contribution in [0.1, 0.15) is 92.9 Å². The summed E-state index contributed by atoms with van der Waals surface area (Å²) >= 11 is 0. The van der Waals surface area contributed by atoms with Gasteiger partial charge in [0.05, 0.1) is 49.4 Å². The fourth-order valence-corrected chi connectivity index (χ4v) is 5.51. The van der Waals surface area contributed by atoms with Gasteiger partial charge in [0.25, 0.3) is 0 Å². The van der Waals surface area contributed by atoms with Gasteiger partial charge in [-0.25, -0.2) is 52.7 Å². The Hall–Kier alpha value is -3.76. The first kappa shape index (κ1) is 62.5. The first-order valence-electron chi connectivity index (χ1n) is 18.9. The van der Waals surface area contributed by atoms with Gasteiger partial charge in [0.1, 0.15) is 43.2 Å². The lowest BCUT2D eigenvalue weighted by atomic mass is 10.3. The fraction of sp³-hybridized carbons (Fsp3) is 0.706. The van der Waals surface area contributed by atoms with Crippen molar-refractivity contribution < 1.29 is 92.9 Å². The van der Waals surface area contributed by atoms with E-state index < -0.39 is 53.3 Å². The van der Waals surface area contributed by atoms with E-state index in [9.17, 15) is 56.3 Å². The molecule has 0 fully saturated rings. The standard InChI is InChI=1S/C11H21N2.2C9H17N2.C2F6NO4S2.C2HF3O2.CH4O3S/c1-3-5-7-12-9-10-13(11-12)8-6-4-2;2*1-3-5-6-11-8-7-10(4-2)9-11;3-1(4,5)14(10,11)9-15(12,13)2(6,7)8;3-2(4,5)1(6)7;1-5(2,3)4/h9-11H,3-8H2,1-2H3;2*7-9H,3-6H2,1-2H3;;(H,6,7);1H3,(H,2,3,4)/q3*+1;-1;;/p-2. The van der Waals surface area contributed by atoms with Crippen LogP contribution in [0.5, 0.6) is 0 Å². The number of carboxylic acid groups (broad SMARTS) is 1. The van der Waals surface area contributed by atoms with E-state index in [1.165, 1.54) is 51.4 Å². The van der Waals surface area contributed by atoms with E-state index in [2.05, 4.69) is 125 Å². The Morgan fingerprint density at radius 1 is 0.565 bits per heavy atom. The maximum Gasteiger partial charge on any atom is 0.480 e. The molecule has 28 heteroatoms. The summed E-state index contributed by atoms with van der Waals surface area (Å²) < 4.78 is 181. The van der Waals surface area contributed by atoms with Gasteiger partial charge in [0.2, 0.25) is 19.0 Å². The number of hydrogen-bond donors (Lipinski definition) is 0. The highest BCUT2D eigenvalue weighted by molar-refractivity contribution is 8.13. The van der Waals surface area contributed by atoms with Gasteiger partial charge in [0.15, 0.2) is 20.0 Å². The normalized spacial score (nSPS) is 11.8. The maximum absolute atomic E-state index is 11.4. The number of nitrogens with zero attached hydrogens (tertiary/aromatic N) is 7. The summed E-state index contributed by atoms with van der Waals surface area (Å²) in [6, 6.07) is 0. The van der Waals surface area contributed by atoms with Crippen LogP contribution in [0.3, 0.4) is 0 Å². The minimum atomic E-state index is -6.72. The van der Waals surface area contributed by atoms with Crippen molar-refractivity contribution in [2.24, 2.45) is 0 Å². The number of aliphatic carboxylic acids is 1. The van der Waals surface area contributed by atoms with E-state index in [-0.39, 0.29) is 0 Å². The van der Waals surface area contributed by atoms with Crippen molar-refractivity contribution in [2.45, 2.75) is 149 Å². The van der Waals surface area contributed by atoms with E-state index in [1.54, 1.807) is 0 Å². The first-order valence-corrected chi connectivity index (χ1v) is 23.6. The molecule has 3 aromatic heterocycles. The van der Waals surface area contributed by atoms with Crippen LogP contribution in [0, 0.1) is 0 Å². The molecular weight excluding hydrogens is 918 g/mol. The van der Waals surface area contributed by atoms with Gasteiger partial charge in [0, 0.05) is 6.26 Å². The second-order valence-electron chi connectivity index (χ2n) is 12.7. The zero-order valence-corrected chi connectivity index (χ0v) is 38.0. The molecular formula is C34H58F9N7O9S3. The fourth-order valence-electron chi connectivity index (χ4n) is 3.80. The number of aromatic nitrogens is 6. The quantitative estimate of drug-likeness (QED) is 0.106. The zero-order chi connectivity index (χ0) is 49.0. The number of alkyl halides is 9. The van der Waals surface area contributed by atoms with Crippen LogP contribution >= 0.6 is 0 Å². The summed E-state index contributed by atoms with van der Waals surface area (Å²) in [5, 5.41) is 8.78. The largest absolute Gasteiger partial charge is 0.748 e. The highest BCUT2D eigenvalue weighted by Gasteiger charge is 2.47. The molecule has 3 heterocycles. The molecule has 0 spiro atoms. The molecule has 0 aliphatic rings. The lowest BCUT2D eigenvalue weighted by Gasteiger charge is -2.22. The Morgan fingerprint density at radius 2 is 0.823 bits per heavy atom. The van der Waals surface area contributed by atoms with Gasteiger partial charge in [-0.15, -0.1) is 0 Å². The van der Waals surface area contributed by atoms with Gasteiger partial charge in [-0.1, -0.05) is 53.4 Å². The third-order valence-electron chi connectivity index (χ3n) is 7.06. The third-order valence-corrected chi connectivity index (χ3v) is 9.80. The minimum Gasteiger partial charge on any atom is -0.748 e. The van der Waals surface area contributed by atoms with Crippen molar-refractivity contribution in [3.8, 4) is 0 Å². The van der Waals surface area contributed by atoms with Crippen molar-refractivity contribution in [1.82, 2.24) is 13.7 Å². The highest BCUT2D eigenvalue weighted by Crippen LogP contribution is 2.36. The smallest absolute Gasteiger partial charge is 0.480 e. The molecule has 0 saturated heterocycles. The van der Waals surface area contributed by atoms with Crippen LogP contribution in [0.25, 0.3) is 4.13 Å². The van der Waals surface area contributed by atoms with Crippen LogP contribution in [0.4, 0.5) is 39.5 Å². The highest BCUT2D eigenvalue weighted by atomic mass is 32.3. The van der Waals surface area contributed by atoms with Crippen LogP contribution in [-0.4, -0.2) is 72.9 Å². The van der Waals surface area contributed by atoms with Crippen molar-refractivity contribution >= 4 is 36.1 Å². The molecule has 0 radical (unpaired) electrons. The Morgan fingerprint density at radius 3 is 1.03 bits per heavy atom. The predicted octanol–water partition coefficient (Wildman–Crippen LogP) is 5.09. The first-order chi connectivity index (χ1) is 28.2. The molecule has 0 atom stereocenters. The van der Waals surface area contributed by atoms with Gasteiger partial charge < -0.3 is 18.6 Å². The summed E-state index contributed by atoms with van der Waals surface area (Å²) in [5.41, 5.74) is -12.4. The number of sulfonamides is 2. The predicted molar refractivity (Wildman–Crippen MR) is 205 cm³/mol. The topological polar surface area (TPSA) is 206 Å². The molecule has 62 heavy (non-hydrogen) atoms. The summed E-state index contributed by atoms with van der Waals surface area (Å²) in [5.74, 6) is -3.01. The summed E-state index contributed by atoms with van der Waals surface area (Å²) in [7, 11) is -17.4. The number of unbranched alkanes of at least 4 members (excludes halogenated alkanes) is 4. The molecule has 0 aliphatic heterocycles. The molecule has 0 amide bonds. The minimum absolute atomic E-state index is 0.604. The molecule has 364 valence electrons. The van der Waals surface area contributed by atoms with E-state index in [4.69, 9.17) is 22.9 Å². The Labute approximate surface area is 357 Å². The van der Waals surface area contributed by atoms with Crippen molar-refractivity contribution in [1.29, 1.82) is 0 Å². The monoisotopic (exact) mass is 975 g/mol. The summed E-state index contributed by atoms with van der Waals surface area (Å²) in [6.07, 6.45) is 25.0. The van der Waals surface area contributed by atoms with E-state index >= 15 is 0 Å². The number of carbonyl (C=O) groups excluding carboxylic acids is 1. The van der Waals surface area contributed by atoms with Crippen molar-refractivity contribution in [3.63, 3.8) is 0 Å². The number of carboxylic acids is 1. The number of imidazole rings is 3. The van der Waals surface area contributed by atoms with Crippen LogP contribution in [-0.2, 0) is 74.2 Å². The molecule has 16 nitrogen and oxygen atoms in total. The van der Waals surface area contributed by atoms with E-state index in [0.29, 0.717) is 6.26 Å². The molecule has 3 rings (SSSR count). The average Bonchev–Trinajstić information content (AvgIpc) is 3.91. The van der Waals surface area contributed by atoms with Gasteiger partial charge in [-0.3, -0.25) is 0 Å². The van der Waals surface area contributed by atoms with Crippen molar-refractivity contribution in [3.05, 3.63) is 60.3 Å². The van der Waals surface area contributed by atoms with Crippen molar-refractivity contribution in [2.75, 3.05) is 6.26 Å². The number of hydrogen-bond acceptors (Lipinski definition) is 9. The third kappa shape index (κ3) is 32.0. The number of aryl methyl sites for hydroxylation is 6. The van der Waals surface area contributed by atoms with Crippen LogP contribution in [0.2, 0.25) is 0 Å². The second-order valence-corrected chi connectivity index (χ2v) is 17.5. The van der Waals surface area contributed by atoms with Gasteiger partial charge >= 0.3 is 17.2 Å². The number of halogens is 9. The average molecular weight is 976 g/mol. The molecule has 0 saturated carbocycles. The number of carbonyl (C=O) groups is 1. The van der Waals surface area contributed by atoms with Crippen LogP contribution in [0.15, 0.2) is 56.2 Å². The Bertz CT molecular complexity index is 1860. The molecule has 0 bridgehead atoms. The molecule has 3 aromatic rings. The Kier molecular flexibility index (Phi) is 30.6. The summed E-state index contributed by atoms with van der Waals surface area (Å²) in [4.78, 5) is 8.78. The number of rotatable bonds is 16. The lowest BCUT2D eigenvalue weighted by molar-refractivity contribution is -0.697. The molecule has 0 aromatic carbocycles.